The maximum absolute atomic E-state index is 12.9. The number of nitrogens with one attached hydrogen (secondary N) is 2. The number of nitrogens with two attached hydrogens (primary N) is 1. The zero-order valence-corrected chi connectivity index (χ0v) is 27.9. The summed E-state index contributed by atoms with van der Waals surface area (Å²) >= 11 is 0. The molecule has 2 aromatic carbocycles. The van der Waals surface area contributed by atoms with E-state index in [9.17, 15) is 28.8 Å². The van der Waals surface area contributed by atoms with Crippen LogP contribution in [0.5, 0.6) is 0 Å². The minimum atomic E-state index is -1.24. The molecule has 0 bridgehead atoms. The number of aliphatic carboxylic acids is 4. The van der Waals surface area contributed by atoms with Gasteiger partial charge in [-0.15, -0.1) is 0 Å². The second kappa shape index (κ2) is 21.9. The van der Waals surface area contributed by atoms with Crippen molar-refractivity contribution in [2.75, 3.05) is 58.9 Å². The lowest BCUT2D eigenvalue weighted by molar-refractivity contribution is -0.143. The van der Waals surface area contributed by atoms with Crippen LogP contribution in [-0.4, -0.2) is 136 Å². The van der Waals surface area contributed by atoms with Crippen LogP contribution in [0.25, 0.3) is 0 Å². The first-order chi connectivity index (χ1) is 23.7. The minimum Gasteiger partial charge on any atom is -0.480 e. The molecule has 1 unspecified atom stereocenters. The van der Waals surface area contributed by atoms with E-state index in [4.69, 9.17) is 31.0 Å². The number of carbonyl (C=O) groups excluding carboxylic acids is 2. The summed E-state index contributed by atoms with van der Waals surface area (Å²) in [5, 5.41) is 39.3. The molecule has 2 aromatic rings. The summed E-state index contributed by atoms with van der Waals surface area (Å²) in [6.45, 7) is -0.501. The Kier molecular flexibility index (Phi) is 18.1. The van der Waals surface area contributed by atoms with Crippen molar-refractivity contribution in [1.82, 2.24) is 25.5 Å². The molecule has 0 heterocycles. The molecular formula is C33H46N6O11. The van der Waals surface area contributed by atoms with Crippen molar-refractivity contribution < 1.29 is 54.0 Å². The van der Waals surface area contributed by atoms with Crippen molar-refractivity contribution >= 4 is 35.7 Å². The second-order valence-corrected chi connectivity index (χ2v) is 11.6. The van der Waals surface area contributed by atoms with Crippen LogP contribution in [0.1, 0.15) is 36.1 Å². The van der Waals surface area contributed by atoms with Gasteiger partial charge in [0.1, 0.15) is 6.10 Å². The van der Waals surface area contributed by atoms with Crippen molar-refractivity contribution in [3.63, 3.8) is 0 Å². The van der Waals surface area contributed by atoms with Crippen LogP contribution >= 0.6 is 0 Å². The molecule has 0 aliphatic carbocycles. The predicted molar refractivity (Wildman–Crippen MR) is 179 cm³/mol. The third-order valence-corrected chi connectivity index (χ3v) is 7.47. The molecule has 274 valence electrons. The van der Waals surface area contributed by atoms with E-state index in [1.165, 1.54) is 9.80 Å². The molecule has 2 rings (SSSR count). The van der Waals surface area contributed by atoms with Gasteiger partial charge in [0.2, 0.25) is 5.91 Å². The normalized spacial score (nSPS) is 12.4. The Morgan fingerprint density at radius 3 is 1.64 bits per heavy atom. The SMILES string of the molecule is CC(ONC(=O)[C@H](N)CCc1ccccc1)c1ccc(CNC(=O)CN(CCN(CC(=O)O)CC(=O)O)CCN(CC(=O)O)CC(=O)O)cc1. The molecule has 50 heavy (non-hydrogen) atoms. The van der Waals surface area contributed by atoms with Gasteiger partial charge in [0, 0.05) is 32.7 Å². The van der Waals surface area contributed by atoms with Crippen molar-refractivity contribution in [3.8, 4) is 0 Å². The molecule has 0 spiro atoms. The Hall–Kier alpha value is -4.94. The fourth-order valence-corrected chi connectivity index (χ4v) is 4.78. The smallest absolute Gasteiger partial charge is 0.317 e. The first-order valence-electron chi connectivity index (χ1n) is 15.9. The molecule has 0 aliphatic rings. The van der Waals surface area contributed by atoms with E-state index in [1.807, 2.05) is 30.3 Å². The fourth-order valence-electron chi connectivity index (χ4n) is 4.78. The highest BCUT2D eigenvalue weighted by atomic mass is 16.7. The van der Waals surface area contributed by atoms with Crippen molar-refractivity contribution in [2.24, 2.45) is 5.73 Å². The maximum Gasteiger partial charge on any atom is 0.317 e. The summed E-state index contributed by atoms with van der Waals surface area (Å²) < 4.78 is 0. The Bertz CT molecular complexity index is 1340. The summed E-state index contributed by atoms with van der Waals surface area (Å²) in [6.07, 6.45) is 0.603. The Morgan fingerprint density at radius 1 is 0.680 bits per heavy atom. The molecular weight excluding hydrogens is 656 g/mol. The number of hydrogen-bond donors (Lipinski definition) is 7. The zero-order valence-electron chi connectivity index (χ0n) is 27.9. The van der Waals surface area contributed by atoms with E-state index >= 15 is 0 Å². The topological polar surface area (TPSA) is 252 Å². The molecule has 0 aromatic heterocycles. The molecule has 17 nitrogen and oxygen atoms in total. The van der Waals surface area contributed by atoms with Crippen molar-refractivity contribution in [2.45, 2.75) is 38.5 Å². The van der Waals surface area contributed by atoms with E-state index in [1.54, 1.807) is 36.1 Å². The van der Waals surface area contributed by atoms with Gasteiger partial charge < -0.3 is 31.5 Å². The molecule has 2 atom stereocenters. The lowest BCUT2D eigenvalue weighted by atomic mass is 10.1. The zero-order chi connectivity index (χ0) is 37.1. The minimum absolute atomic E-state index is 0.0362. The van der Waals surface area contributed by atoms with Crippen LogP contribution in [0.2, 0.25) is 0 Å². The number of amides is 2. The number of carboxylic acids is 4. The number of nitrogens with zero attached hydrogens (tertiary/aromatic N) is 3. The second-order valence-electron chi connectivity index (χ2n) is 11.6. The van der Waals surface area contributed by atoms with Crippen molar-refractivity contribution in [3.05, 3.63) is 71.3 Å². The van der Waals surface area contributed by atoms with Crippen LogP contribution in [-0.2, 0) is 46.6 Å². The van der Waals surface area contributed by atoms with E-state index in [0.29, 0.717) is 12.8 Å². The molecule has 0 radical (unpaired) electrons. The summed E-state index contributed by atoms with van der Waals surface area (Å²) in [6, 6.07) is 16.0. The first kappa shape index (κ1) is 41.2. The van der Waals surface area contributed by atoms with Gasteiger partial charge >= 0.3 is 23.9 Å². The van der Waals surface area contributed by atoms with E-state index < -0.39 is 74.0 Å². The van der Waals surface area contributed by atoms with Gasteiger partial charge in [-0.3, -0.25) is 48.3 Å². The average Bonchev–Trinajstić information content (AvgIpc) is 3.05. The number of hydroxylamine groups is 1. The van der Waals surface area contributed by atoms with E-state index in [0.717, 1.165) is 16.7 Å². The van der Waals surface area contributed by atoms with Crippen LogP contribution in [0.4, 0.5) is 0 Å². The van der Waals surface area contributed by atoms with Gasteiger partial charge in [-0.25, -0.2) is 5.48 Å². The molecule has 0 fully saturated rings. The summed E-state index contributed by atoms with van der Waals surface area (Å²) in [5.74, 6) is -5.81. The van der Waals surface area contributed by atoms with Crippen LogP contribution < -0.4 is 16.5 Å². The molecule has 8 N–H and O–H groups in total. The lowest BCUT2D eigenvalue weighted by Crippen LogP contribution is -2.47. The van der Waals surface area contributed by atoms with Gasteiger partial charge in [0.25, 0.3) is 5.91 Å². The maximum atomic E-state index is 12.9. The third kappa shape index (κ3) is 17.5. The number of rotatable bonds is 25. The van der Waals surface area contributed by atoms with Gasteiger partial charge in [-0.1, -0.05) is 54.6 Å². The summed E-state index contributed by atoms with van der Waals surface area (Å²) in [4.78, 5) is 79.5. The largest absolute Gasteiger partial charge is 0.480 e. The van der Waals surface area contributed by atoms with Gasteiger partial charge in [-0.05, 0) is 36.5 Å². The molecule has 0 saturated carbocycles. The highest BCUT2D eigenvalue weighted by molar-refractivity contribution is 5.80. The van der Waals surface area contributed by atoms with E-state index in [-0.39, 0.29) is 39.3 Å². The van der Waals surface area contributed by atoms with Gasteiger partial charge in [-0.2, -0.15) is 0 Å². The number of aryl methyl sites for hydroxylation is 1. The highest BCUT2D eigenvalue weighted by Crippen LogP contribution is 2.16. The van der Waals surface area contributed by atoms with Crippen LogP contribution in [0.3, 0.4) is 0 Å². The number of hydrogen-bond acceptors (Lipinski definition) is 11. The quantitative estimate of drug-likeness (QED) is 0.0651. The van der Waals surface area contributed by atoms with Crippen LogP contribution in [0.15, 0.2) is 54.6 Å². The van der Waals surface area contributed by atoms with Gasteiger partial charge in [0.05, 0.1) is 38.8 Å². The Balaban J connectivity index is 1.92. The first-order valence-corrected chi connectivity index (χ1v) is 15.9. The molecule has 0 saturated heterocycles. The molecule has 0 aliphatic heterocycles. The number of benzene rings is 2. The lowest BCUT2D eigenvalue weighted by Gasteiger charge is -2.28. The standard InChI is InChI=1S/C33H46N6O11/c1-23(50-36-33(49)27(34)12-9-24-5-3-2-4-6-24)26-10-7-25(8-11-26)17-35-28(40)18-37(13-15-38(19-29(41)42)20-30(43)44)14-16-39(21-31(45)46)22-32(47)48/h2-8,10-11,23,27H,9,12-22,34H2,1H3,(H,35,40)(H,36,49)(H,41,42)(H,43,44)(H,45,46)(H,47,48)/t23?,27-/m1/s1. The third-order valence-electron chi connectivity index (χ3n) is 7.47. The van der Waals surface area contributed by atoms with E-state index in [2.05, 4.69) is 10.8 Å². The van der Waals surface area contributed by atoms with Crippen molar-refractivity contribution in [1.29, 1.82) is 0 Å². The number of carbonyl (C=O) groups is 6. The number of carboxylic acid groups (broad SMARTS) is 4. The predicted octanol–water partition coefficient (Wildman–Crippen LogP) is -0.384. The molecule has 17 heteroatoms. The summed E-state index contributed by atoms with van der Waals surface area (Å²) in [7, 11) is 0. The average molecular weight is 703 g/mol. The highest BCUT2D eigenvalue weighted by Gasteiger charge is 2.20. The fraction of sp³-hybridized carbons (Fsp3) is 0.455. The monoisotopic (exact) mass is 702 g/mol. The molecule has 2 amide bonds. The Labute approximate surface area is 289 Å². The van der Waals surface area contributed by atoms with Gasteiger partial charge in [0.15, 0.2) is 0 Å². The Morgan fingerprint density at radius 2 is 1.16 bits per heavy atom. The summed E-state index contributed by atoms with van der Waals surface area (Å²) in [5.41, 5.74) is 11.0. The van der Waals surface area contributed by atoms with Crippen LogP contribution in [0, 0.1) is 0 Å².